The summed E-state index contributed by atoms with van der Waals surface area (Å²) in [6, 6.07) is 15.3. The summed E-state index contributed by atoms with van der Waals surface area (Å²) in [5.74, 6) is -0.528. The highest BCUT2D eigenvalue weighted by atomic mass is 32.1. The summed E-state index contributed by atoms with van der Waals surface area (Å²) < 4.78 is 27.1. The Bertz CT molecular complexity index is 1040. The van der Waals surface area contributed by atoms with Gasteiger partial charge >= 0.3 is 6.03 Å². The summed E-state index contributed by atoms with van der Waals surface area (Å²) in [5.41, 5.74) is 2.24. The summed E-state index contributed by atoms with van der Waals surface area (Å²) in [6.45, 7) is 1.32. The van der Waals surface area contributed by atoms with E-state index in [1.54, 1.807) is 11.3 Å². The van der Waals surface area contributed by atoms with Gasteiger partial charge in [-0.3, -0.25) is 0 Å². The molecule has 1 saturated heterocycles. The van der Waals surface area contributed by atoms with Crippen molar-refractivity contribution in [1.29, 1.82) is 0 Å². The van der Waals surface area contributed by atoms with Gasteiger partial charge in [-0.25, -0.2) is 13.6 Å². The smallest absolute Gasteiger partial charge is 0.319 e. The molecule has 2 aromatic carbocycles. The van der Waals surface area contributed by atoms with Crippen molar-refractivity contribution in [3.8, 4) is 10.4 Å². The Labute approximate surface area is 171 Å². The van der Waals surface area contributed by atoms with Crippen LogP contribution < -0.4 is 15.5 Å². The summed E-state index contributed by atoms with van der Waals surface area (Å²) in [5, 5.41) is 7.95. The highest BCUT2D eigenvalue weighted by molar-refractivity contribution is 7.13. The molecule has 2 heterocycles. The van der Waals surface area contributed by atoms with Crippen LogP contribution in [0.3, 0.4) is 0 Å². The number of fused-ring (bicyclic) bond motifs is 1. The standard InChI is InChI=1S/C22H19F2N3OS/c23-14-6-7-19(18(24)10-14)27-11-16-17(12-27)21(16)26-22(28)25-15-4-1-3-13(9-15)20-5-2-8-29-20/h1-10,16-17,21H,11-12H2,(H2,25,26,28). The number of piperidine rings is 1. The molecule has 5 rings (SSSR count). The van der Waals surface area contributed by atoms with Gasteiger partial charge in [-0.15, -0.1) is 11.3 Å². The maximum absolute atomic E-state index is 14.0. The van der Waals surface area contributed by atoms with Crippen LogP contribution in [-0.4, -0.2) is 25.2 Å². The Morgan fingerprint density at radius 2 is 1.86 bits per heavy atom. The minimum absolute atomic E-state index is 0.0928. The molecule has 7 heteroatoms. The highest BCUT2D eigenvalue weighted by Crippen LogP contribution is 2.47. The summed E-state index contributed by atoms with van der Waals surface area (Å²) in [7, 11) is 0. The van der Waals surface area contributed by atoms with Gasteiger partial charge in [0.1, 0.15) is 11.6 Å². The quantitative estimate of drug-likeness (QED) is 0.638. The molecule has 2 amide bonds. The number of rotatable bonds is 4. The van der Waals surface area contributed by atoms with Gasteiger partial charge < -0.3 is 15.5 Å². The second kappa shape index (κ2) is 7.15. The van der Waals surface area contributed by atoms with E-state index in [2.05, 4.69) is 10.6 Å². The number of anilines is 2. The van der Waals surface area contributed by atoms with E-state index >= 15 is 0 Å². The molecule has 2 N–H and O–H groups in total. The number of hydrogen-bond donors (Lipinski definition) is 2. The van der Waals surface area contributed by atoms with Crippen molar-refractivity contribution >= 4 is 28.7 Å². The molecule has 4 nitrogen and oxygen atoms in total. The topological polar surface area (TPSA) is 44.4 Å². The molecule has 2 unspecified atom stereocenters. The Hall–Kier alpha value is -2.93. The van der Waals surface area contributed by atoms with Crippen LogP contribution in [0.1, 0.15) is 0 Å². The Kier molecular flexibility index (Phi) is 4.47. The van der Waals surface area contributed by atoms with E-state index in [-0.39, 0.29) is 12.1 Å². The molecule has 0 bridgehead atoms. The van der Waals surface area contributed by atoms with Crippen molar-refractivity contribution in [1.82, 2.24) is 5.32 Å². The molecule has 0 spiro atoms. The molecular formula is C22H19F2N3OS. The number of urea groups is 1. The van der Waals surface area contributed by atoms with Crippen molar-refractivity contribution in [2.24, 2.45) is 11.8 Å². The van der Waals surface area contributed by atoms with Crippen LogP contribution in [0.4, 0.5) is 25.0 Å². The third kappa shape index (κ3) is 3.58. The molecule has 1 aliphatic carbocycles. The fourth-order valence-electron chi connectivity index (χ4n) is 4.19. The molecule has 1 aromatic heterocycles. The number of hydrogen-bond acceptors (Lipinski definition) is 3. The lowest BCUT2D eigenvalue weighted by Gasteiger charge is -2.23. The Morgan fingerprint density at radius 1 is 1.03 bits per heavy atom. The number of halogens is 2. The highest BCUT2D eigenvalue weighted by Gasteiger charge is 2.56. The van der Waals surface area contributed by atoms with Crippen LogP contribution >= 0.6 is 11.3 Å². The van der Waals surface area contributed by atoms with Crippen molar-refractivity contribution < 1.29 is 13.6 Å². The molecule has 2 atom stereocenters. The predicted molar refractivity (Wildman–Crippen MR) is 111 cm³/mol. The normalized spacial score (nSPS) is 22.3. The predicted octanol–water partition coefficient (Wildman–Crippen LogP) is 4.95. The van der Waals surface area contributed by atoms with Crippen LogP contribution in [-0.2, 0) is 0 Å². The zero-order valence-corrected chi connectivity index (χ0v) is 16.3. The lowest BCUT2D eigenvalue weighted by molar-refractivity contribution is 0.250. The minimum atomic E-state index is -0.574. The second-order valence-electron chi connectivity index (χ2n) is 7.51. The van der Waals surface area contributed by atoms with Crippen LogP contribution in [0.15, 0.2) is 60.0 Å². The number of thiophene rings is 1. The average molecular weight is 411 g/mol. The third-order valence-corrected chi connectivity index (χ3v) is 6.59. The molecule has 1 saturated carbocycles. The van der Waals surface area contributed by atoms with Gasteiger partial charge in [0.2, 0.25) is 0 Å². The van der Waals surface area contributed by atoms with Crippen LogP contribution in [0.5, 0.6) is 0 Å². The largest absolute Gasteiger partial charge is 0.368 e. The van der Waals surface area contributed by atoms with Crippen LogP contribution in [0.25, 0.3) is 10.4 Å². The molecule has 3 aromatic rings. The van der Waals surface area contributed by atoms with Crippen molar-refractivity contribution in [3.05, 3.63) is 71.6 Å². The summed E-state index contributed by atoms with van der Waals surface area (Å²) >= 11 is 1.66. The zero-order valence-electron chi connectivity index (χ0n) is 15.4. The van der Waals surface area contributed by atoms with E-state index in [0.717, 1.165) is 22.2 Å². The van der Waals surface area contributed by atoms with Crippen molar-refractivity contribution in [2.75, 3.05) is 23.3 Å². The van der Waals surface area contributed by atoms with E-state index in [9.17, 15) is 13.6 Å². The van der Waals surface area contributed by atoms with Crippen LogP contribution in [0, 0.1) is 23.5 Å². The molecular weight excluding hydrogens is 392 g/mol. The maximum atomic E-state index is 14.0. The summed E-state index contributed by atoms with van der Waals surface area (Å²) in [4.78, 5) is 15.5. The monoisotopic (exact) mass is 411 g/mol. The molecule has 29 heavy (non-hydrogen) atoms. The average Bonchev–Trinajstić information content (AvgIpc) is 3.13. The van der Waals surface area contributed by atoms with Gasteiger partial charge in [-0.05, 0) is 41.3 Å². The maximum Gasteiger partial charge on any atom is 0.319 e. The Morgan fingerprint density at radius 3 is 2.59 bits per heavy atom. The fraction of sp³-hybridized carbons (Fsp3) is 0.227. The number of nitrogens with one attached hydrogen (secondary N) is 2. The first-order chi connectivity index (χ1) is 14.1. The summed E-state index contributed by atoms with van der Waals surface area (Å²) in [6.07, 6.45) is 0. The lowest BCUT2D eigenvalue weighted by atomic mass is 10.1. The van der Waals surface area contributed by atoms with Crippen molar-refractivity contribution in [3.63, 3.8) is 0 Å². The Balaban J connectivity index is 1.17. The SMILES string of the molecule is O=C(Nc1cccc(-c2cccs2)c1)NC1C2CN(c3ccc(F)cc3F)CC21. The van der Waals surface area contributed by atoms with Gasteiger partial charge in [0, 0.05) is 47.6 Å². The second-order valence-corrected chi connectivity index (χ2v) is 8.46. The number of amides is 2. The number of carbonyl (C=O) groups excluding carboxylic acids is 1. The lowest BCUT2D eigenvalue weighted by Crippen LogP contribution is -2.37. The van der Waals surface area contributed by atoms with E-state index < -0.39 is 11.6 Å². The van der Waals surface area contributed by atoms with Gasteiger partial charge in [0.05, 0.1) is 5.69 Å². The number of benzene rings is 2. The number of carbonyl (C=O) groups is 1. The van der Waals surface area contributed by atoms with E-state index in [4.69, 9.17) is 0 Å². The fourth-order valence-corrected chi connectivity index (χ4v) is 4.91. The molecule has 2 aliphatic rings. The number of nitrogens with zero attached hydrogens (tertiary/aromatic N) is 1. The van der Waals surface area contributed by atoms with E-state index in [1.807, 2.05) is 46.7 Å². The van der Waals surface area contributed by atoms with Gasteiger partial charge in [-0.1, -0.05) is 18.2 Å². The first kappa shape index (κ1) is 18.1. The molecule has 2 fully saturated rings. The first-order valence-electron chi connectivity index (χ1n) is 9.50. The molecule has 1 aliphatic heterocycles. The molecule has 0 radical (unpaired) electrons. The third-order valence-electron chi connectivity index (χ3n) is 5.67. The van der Waals surface area contributed by atoms with Gasteiger partial charge in [0.25, 0.3) is 0 Å². The van der Waals surface area contributed by atoms with E-state index in [1.165, 1.54) is 12.1 Å². The molecule has 148 valence electrons. The van der Waals surface area contributed by atoms with E-state index in [0.29, 0.717) is 30.6 Å². The van der Waals surface area contributed by atoms with Gasteiger partial charge in [0.15, 0.2) is 0 Å². The van der Waals surface area contributed by atoms with Crippen LogP contribution in [0.2, 0.25) is 0 Å². The first-order valence-corrected chi connectivity index (χ1v) is 10.4. The zero-order chi connectivity index (χ0) is 20.0. The minimum Gasteiger partial charge on any atom is -0.368 e. The van der Waals surface area contributed by atoms with Gasteiger partial charge in [-0.2, -0.15) is 0 Å². The van der Waals surface area contributed by atoms with Crippen molar-refractivity contribution in [2.45, 2.75) is 6.04 Å².